The van der Waals surface area contributed by atoms with Crippen molar-refractivity contribution in [3.63, 3.8) is 0 Å². The van der Waals surface area contributed by atoms with Gasteiger partial charge in [0.15, 0.2) is 0 Å². The molecular weight excluding hydrogens is 238 g/mol. The summed E-state index contributed by atoms with van der Waals surface area (Å²) < 4.78 is 0. The van der Waals surface area contributed by atoms with Crippen LogP contribution in [0, 0.1) is 17.8 Å². The Morgan fingerprint density at radius 2 is 2.11 bits per heavy atom. The fraction of sp³-hybridized carbons (Fsp3) is 0.800. The van der Waals surface area contributed by atoms with Crippen molar-refractivity contribution in [1.82, 2.24) is 15.1 Å². The number of rotatable bonds is 4. The van der Waals surface area contributed by atoms with Crippen LogP contribution in [0.5, 0.6) is 0 Å². The van der Waals surface area contributed by atoms with Gasteiger partial charge in [-0.3, -0.25) is 9.69 Å². The molecule has 1 unspecified atom stereocenters. The van der Waals surface area contributed by atoms with Gasteiger partial charge in [-0.2, -0.15) is 0 Å². The molecule has 0 radical (unpaired) electrons. The van der Waals surface area contributed by atoms with Crippen LogP contribution in [0.4, 0.5) is 0 Å². The largest absolute Gasteiger partial charge is 0.340 e. The molecule has 2 heterocycles. The Kier molecular flexibility index (Phi) is 4.84. The molecule has 4 nitrogen and oxygen atoms in total. The Morgan fingerprint density at radius 3 is 2.63 bits per heavy atom. The lowest BCUT2D eigenvalue weighted by Crippen LogP contribution is -2.53. The van der Waals surface area contributed by atoms with E-state index in [2.05, 4.69) is 28.0 Å². The van der Waals surface area contributed by atoms with E-state index >= 15 is 0 Å². The van der Waals surface area contributed by atoms with Gasteiger partial charge < -0.3 is 10.2 Å². The quantitative estimate of drug-likeness (QED) is 0.752. The van der Waals surface area contributed by atoms with E-state index in [9.17, 15) is 4.79 Å². The Labute approximate surface area is 116 Å². The van der Waals surface area contributed by atoms with E-state index in [0.717, 1.165) is 58.5 Å². The molecule has 2 saturated heterocycles. The first-order chi connectivity index (χ1) is 9.22. The van der Waals surface area contributed by atoms with Crippen LogP contribution in [0.15, 0.2) is 0 Å². The van der Waals surface area contributed by atoms with E-state index in [1.165, 1.54) is 0 Å². The first kappa shape index (κ1) is 14.4. The van der Waals surface area contributed by atoms with Crippen molar-refractivity contribution < 1.29 is 4.79 Å². The molecule has 0 aromatic rings. The average molecular weight is 263 g/mol. The number of nitrogens with zero attached hydrogens (tertiary/aromatic N) is 2. The smallest absolute Gasteiger partial charge is 0.230 e. The van der Waals surface area contributed by atoms with Gasteiger partial charge in [0.2, 0.25) is 5.91 Å². The third kappa shape index (κ3) is 3.10. The molecule has 106 valence electrons. The van der Waals surface area contributed by atoms with Gasteiger partial charge >= 0.3 is 0 Å². The van der Waals surface area contributed by atoms with Gasteiger partial charge in [-0.15, -0.1) is 6.42 Å². The Balaban J connectivity index is 1.94. The molecule has 0 aromatic heterocycles. The van der Waals surface area contributed by atoms with Crippen LogP contribution < -0.4 is 5.32 Å². The lowest BCUT2D eigenvalue weighted by atomic mass is 9.81. The first-order valence-electron chi connectivity index (χ1n) is 7.38. The van der Waals surface area contributed by atoms with Gasteiger partial charge in [0.1, 0.15) is 0 Å². The third-order valence-corrected chi connectivity index (χ3v) is 4.40. The molecule has 19 heavy (non-hydrogen) atoms. The molecule has 4 heteroatoms. The normalized spacial score (nSPS) is 28.3. The van der Waals surface area contributed by atoms with Crippen molar-refractivity contribution in [3.8, 4) is 12.3 Å². The second-order valence-electron chi connectivity index (χ2n) is 5.73. The summed E-state index contributed by atoms with van der Waals surface area (Å²) in [6.45, 7) is 8.16. The molecule has 1 atom stereocenters. The lowest BCUT2D eigenvalue weighted by Gasteiger charge is -2.39. The SMILES string of the molecule is C#CCN1CCN(C(=O)C2(CCC)CCNC2)CC1. The van der Waals surface area contributed by atoms with E-state index in [1.54, 1.807) is 0 Å². The molecule has 2 aliphatic heterocycles. The highest BCUT2D eigenvalue weighted by Crippen LogP contribution is 2.33. The highest BCUT2D eigenvalue weighted by molar-refractivity contribution is 5.83. The number of carbonyl (C=O) groups is 1. The topological polar surface area (TPSA) is 35.6 Å². The van der Waals surface area contributed by atoms with Crippen molar-refractivity contribution >= 4 is 5.91 Å². The monoisotopic (exact) mass is 263 g/mol. The minimum Gasteiger partial charge on any atom is -0.340 e. The highest BCUT2D eigenvalue weighted by Gasteiger charge is 2.43. The number of terminal acetylenes is 1. The van der Waals surface area contributed by atoms with Crippen molar-refractivity contribution in [3.05, 3.63) is 0 Å². The zero-order valence-electron chi connectivity index (χ0n) is 12.0. The van der Waals surface area contributed by atoms with E-state index in [4.69, 9.17) is 6.42 Å². The molecule has 0 aromatic carbocycles. The Hall–Kier alpha value is -1.05. The first-order valence-corrected chi connectivity index (χ1v) is 7.38. The summed E-state index contributed by atoms with van der Waals surface area (Å²) in [6.07, 6.45) is 8.40. The summed E-state index contributed by atoms with van der Waals surface area (Å²) in [5.41, 5.74) is -0.136. The number of piperazine rings is 1. The van der Waals surface area contributed by atoms with Crippen molar-refractivity contribution in [2.75, 3.05) is 45.8 Å². The van der Waals surface area contributed by atoms with Crippen LogP contribution in [-0.4, -0.2) is 61.5 Å². The van der Waals surface area contributed by atoms with Crippen molar-refractivity contribution in [1.29, 1.82) is 0 Å². The van der Waals surface area contributed by atoms with Crippen LogP contribution >= 0.6 is 0 Å². The molecule has 0 aliphatic carbocycles. The molecule has 1 amide bonds. The predicted octanol–water partition coefficient (Wildman–Crippen LogP) is 0.544. The summed E-state index contributed by atoms with van der Waals surface area (Å²) in [7, 11) is 0. The average Bonchev–Trinajstić information content (AvgIpc) is 2.89. The molecule has 0 spiro atoms. The van der Waals surface area contributed by atoms with Crippen LogP contribution in [0.1, 0.15) is 26.2 Å². The van der Waals surface area contributed by atoms with Gasteiger partial charge in [-0.25, -0.2) is 0 Å². The maximum atomic E-state index is 12.8. The fourth-order valence-electron chi connectivity index (χ4n) is 3.30. The minimum atomic E-state index is -0.136. The molecule has 2 fully saturated rings. The Morgan fingerprint density at radius 1 is 1.37 bits per heavy atom. The number of hydrogen-bond donors (Lipinski definition) is 1. The zero-order chi connectivity index (χ0) is 13.7. The standard InChI is InChI=1S/C15H25N3O/c1-3-5-15(6-7-16-13-15)14(19)18-11-9-17(8-4-2)10-12-18/h2,16H,3,5-13H2,1H3. The number of carbonyl (C=O) groups excluding carboxylic acids is 1. The molecule has 2 rings (SSSR count). The van der Waals surface area contributed by atoms with Gasteiger partial charge in [-0.05, 0) is 19.4 Å². The van der Waals surface area contributed by atoms with Crippen LogP contribution in [0.2, 0.25) is 0 Å². The van der Waals surface area contributed by atoms with E-state index < -0.39 is 0 Å². The third-order valence-electron chi connectivity index (χ3n) is 4.40. The minimum absolute atomic E-state index is 0.136. The van der Waals surface area contributed by atoms with Gasteiger partial charge in [-0.1, -0.05) is 19.3 Å². The fourth-order valence-corrected chi connectivity index (χ4v) is 3.30. The van der Waals surface area contributed by atoms with Gasteiger partial charge in [0.05, 0.1) is 12.0 Å². The maximum Gasteiger partial charge on any atom is 0.230 e. The number of amides is 1. The van der Waals surface area contributed by atoms with Crippen LogP contribution in [0.3, 0.4) is 0 Å². The zero-order valence-corrected chi connectivity index (χ0v) is 12.0. The van der Waals surface area contributed by atoms with E-state index in [-0.39, 0.29) is 5.41 Å². The molecule has 2 aliphatic rings. The summed E-state index contributed by atoms with van der Waals surface area (Å²) >= 11 is 0. The lowest BCUT2D eigenvalue weighted by molar-refractivity contribution is -0.143. The highest BCUT2D eigenvalue weighted by atomic mass is 16.2. The van der Waals surface area contributed by atoms with Gasteiger partial charge in [0, 0.05) is 32.7 Å². The van der Waals surface area contributed by atoms with E-state index in [1.807, 2.05) is 0 Å². The number of hydrogen-bond acceptors (Lipinski definition) is 3. The molecule has 0 saturated carbocycles. The van der Waals surface area contributed by atoms with Crippen molar-refractivity contribution in [2.24, 2.45) is 5.41 Å². The van der Waals surface area contributed by atoms with E-state index in [0.29, 0.717) is 12.5 Å². The summed E-state index contributed by atoms with van der Waals surface area (Å²) in [4.78, 5) is 17.1. The second kappa shape index (κ2) is 6.40. The molecule has 1 N–H and O–H groups in total. The van der Waals surface area contributed by atoms with Crippen molar-refractivity contribution in [2.45, 2.75) is 26.2 Å². The Bertz CT molecular complexity index is 347. The van der Waals surface area contributed by atoms with Gasteiger partial charge in [0.25, 0.3) is 0 Å². The predicted molar refractivity (Wildman–Crippen MR) is 76.7 cm³/mol. The maximum absolute atomic E-state index is 12.8. The molecule has 0 bridgehead atoms. The second-order valence-corrected chi connectivity index (χ2v) is 5.73. The van der Waals surface area contributed by atoms with Crippen LogP contribution in [-0.2, 0) is 4.79 Å². The molecular formula is C15H25N3O. The summed E-state index contributed by atoms with van der Waals surface area (Å²) in [6, 6.07) is 0. The summed E-state index contributed by atoms with van der Waals surface area (Å²) in [5, 5.41) is 3.36. The number of nitrogens with one attached hydrogen (secondary N) is 1. The van der Waals surface area contributed by atoms with Crippen LogP contribution in [0.25, 0.3) is 0 Å². The summed E-state index contributed by atoms with van der Waals surface area (Å²) in [5.74, 6) is 3.04.